The molecular weight excluding hydrogens is 466 g/mol. The number of benzene rings is 2. The molecule has 0 saturated carbocycles. The topological polar surface area (TPSA) is 51.0 Å². The average Bonchev–Trinajstić information content (AvgIpc) is 3.30. The summed E-state index contributed by atoms with van der Waals surface area (Å²) in [7, 11) is 2.18. The first-order chi connectivity index (χ1) is 16.9. The van der Waals surface area contributed by atoms with Gasteiger partial charge in [0.25, 0.3) is 5.56 Å². The van der Waals surface area contributed by atoms with Gasteiger partial charge in [0.1, 0.15) is 16.6 Å². The summed E-state index contributed by atoms with van der Waals surface area (Å²) in [6.45, 7) is 2.55. The molecular formula is C27H26F2N4OS. The number of thiazole rings is 1. The molecule has 5 nitrogen and oxygen atoms in total. The monoisotopic (exact) mass is 492 g/mol. The Morgan fingerprint density at radius 2 is 1.77 bits per heavy atom. The van der Waals surface area contributed by atoms with Crippen LogP contribution in [0.25, 0.3) is 21.8 Å². The maximum atomic E-state index is 13.7. The number of hydrogen-bond acceptors (Lipinski definition) is 5. The highest BCUT2D eigenvalue weighted by molar-refractivity contribution is 7.15. The highest BCUT2D eigenvalue weighted by atomic mass is 32.1. The van der Waals surface area contributed by atoms with Crippen molar-refractivity contribution in [2.24, 2.45) is 5.92 Å². The van der Waals surface area contributed by atoms with Gasteiger partial charge in [0.15, 0.2) is 0 Å². The molecule has 0 N–H and O–H groups in total. The van der Waals surface area contributed by atoms with E-state index in [2.05, 4.69) is 22.0 Å². The second kappa shape index (κ2) is 10.2. The maximum Gasteiger partial charge on any atom is 0.267 e. The number of piperidine rings is 1. The lowest BCUT2D eigenvalue weighted by molar-refractivity contribution is 0.219. The smallest absolute Gasteiger partial charge is 0.267 e. The number of aromatic nitrogens is 3. The van der Waals surface area contributed by atoms with Crippen molar-refractivity contribution in [3.05, 3.63) is 93.2 Å². The van der Waals surface area contributed by atoms with Crippen molar-refractivity contribution < 1.29 is 8.78 Å². The Morgan fingerprint density at radius 1 is 1.00 bits per heavy atom. The van der Waals surface area contributed by atoms with E-state index in [1.165, 1.54) is 46.7 Å². The Kier molecular flexibility index (Phi) is 6.83. The molecule has 2 aromatic carbocycles. The SMILES string of the molecule is CN1CCC(Cc2cnc(-c3cccc(Cn4nc(-c5cc(F)cc(F)c5)ccc4=O)c3)s2)CC1. The minimum atomic E-state index is -0.689. The zero-order valence-corrected chi connectivity index (χ0v) is 20.3. The highest BCUT2D eigenvalue weighted by Crippen LogP contribution is 2.30. The van der Waals surface area contributed by atoms with Gasteiger partial charge < -0.3 is 4.90 Å². The van der Waals surface area contributed by atoms with E-state index in [1.807, 2.05) is 30.5 Å². The van der Waals surface area contributed by atoms with Gasteiger partial charge >= 0.3 is 0 Å². The Morgan fingerprint density at radius 3 is 2.54 bits per heavy atom. The molecule has 5 rings (SSSR count). The van der Waals surface area contributed by atoms with Crippen molar-refractivity contribution in [3.63, 3.8) is 0 Å². The molecule has 1 aliphatic heterocycles. The molecule has 2 aromatic heterocycles. The molecule has 3 heterocycles. The normalized spacial score (nSPS) is 14.9. The van der Waals surface area contributed by atoms with Crippen molar-refractivity contribution in [2.45, 2.75) is 25.8 Å². The summed E-state index contributed by atoms with van der Waals surface area (Å²) in [4.78, 5) is 20.8. The molecule has 35 heavy (non-hydrogen) atoms. The summed E-state index contributed by atoms with van der Waals surface area (Å²) < 4.78 is 28.6. The van der Waals surface area contributed by atoms with E-state index in [-0.39, 0.29) is 17.7 Å². The van der Waals surface area contributed by atoms with Gasteiger partial charge in [0.05, 0.1) is 12.2 Å². The molecule has 4 aromatic rings. The van der Waals surface area contributed by atoms with Gasteiger partial charge in [0, 0.05) is 34.3 Å². The van der Waals surface area contributed by atoms with Gasteiger partial charge in [-0.2, -0.15) is 5.10 Å². The van der Waals surface area contributed by atoms with Gasteiger partial charge in [-0.15, -0.1) is 11.3 Å². The van der Waals surface area contributed by atoms with Crippen LogP contribution in [-0.2, 0) is 13.0 Å². The molecule has 0 radical (unpaired) electrons. The van der Waals surface area contributed by atoms with Crippen molar-refractivity contribution in [2.75, 3.05) is 20.1 Å². The third-order valence-corrected chi connectivity index (χ3v) is 7.48. The van der Waals surface area contributed by atoms with Crippen LogP contribution in [0, 0.1) is 17.6 Å². The third kappa shape index (κ3) is 5.71. The Hall–Kier alpha value is -3.23. The van der Waals surface area contributed by atoms with Crippen LogP contribution >= 0.6 is 11.3 Å². The summed E-state index contributed by atoms with van der Waals surface area (Å²) >= 11 is 1.72. The lowest BCUT2D eigenvalue weighted by Gasteiger charge is -2.28. The largest absolute Gasteiger partial charge is 0.306 e. The molecule has 180 valence electrons. The Bertz CT molecular complexity index is 1370. The third-order valence-electron chi connectivity index (χ3n) is 6.41. The molecule has 8 heteroatoms. The molecule has 0 amide bonds. The molecule has 0 aliphatic carbocycles. The predicted octanol–water partition coefficient (Wildman–Crippen LogP) is 5.24. The number of nitrogens with zero attached hydrogens (tertiary/aromatic N) is 4. The van der Waals surface area contributed by atoms with Gasteiger partial charge in [-0.3, -0.25) is 4.79 Å². The van der Waals surface area contributed by atoms with Crippen molar-refractivity contribution in [1.29, 1.82) is 0 Å². The van der Waals surface area contributed by atoms with Crippen LogP contribution in [0.15, 0.2) is 65.6 Å². The summed E-state index contributed by atoms with van der Waals surface area (Å²) in [5.41, 5.74) is 2.22. The van der Waals surface area contributed by atoms with E-state index in [0.717, 1.165) is 41.7 Å². The van der Waals surface area contributed by atoms with Crippen molar-refractivity contribution in [1.82, 2.24) is 19.7 Å². The minimum absolute atomic E-state index is 0.242. The Balaban J connectivity index is 1.34. The summed E-state index contributed by atoms with van der Waals surface area (Å²) in [6.07, 6.45) is 5.50. The molecule has 0 spiro atoms. The lowest BCUT2D eigenvalue weighted by atomic mass is 9.93. The first-order valence-electron chi connectivity index (χ1n) is 11.7. The van der Waals surface area contributed by atoms with Crippen LogP contribution in [-0.4, -0.2) is 39.8 Å². The van der Waals surface area contributed by atoms with E-state index in [4.69, 9.17) is 0 Å². The summed E-state index contributed by atoms with van der Waals surface area (Å²) in [5, 5.41) is 5.31. The van der Waals surface area contributed by atoms with Crippen LogP contribution in [0.3, 0.4) is 0 Å². The number of rotatable bonds is 6. The Labute approximate surface area is 206 Å². The fraction of sp³-hybridized carbons (Fsp3) is 0.296. The second-order valence-corrected chi connectivity index (χ2v) is 10.3. The highest BCUT2D eigenvalue weighted by Gasteiger charge is 2.18. The van der Waals surface area contributed by atoms with E-state index >= 15 is 0 Å². The first kappa shape index (κ1) is 23.5. The van der Waals surface area contributed by atoms with Crippen LogP contribution < -0.4 is 5.56 Å². The maximum absolute atomic E-state index is 13.7. The fourth-order valence-electron chi connectivity index (χ4n) is 4.48. The fourth-order valence-corrected chi connectivity index (χ4v) is 5.50. The van der Waals surface area contributed by atoms with Crippen LogP contribution in [0.5, 0.6) is 0 Å². The molecule has 0 bridgehead atoms. The number of likely N-dealkylation sites (tertiary alicyclic amines) is 1. The standard InChI is InChI=1S/C27H26F2N4OS/c1-32-9-7-18(8-10-32)12-24-16-30-27(35-24)20-4-2-3-19(11-20)17-33-26(34)6-5-25(31-33)21-13-22(28)15-23(29)14-21/h2-6,11,13-16,18H,7-10,12,17H2,1H3. The zero-order valence-electron chi connectivity index (χ0n) is 19.5. The van der Waals surface area contributed by atoms with Crippen molar-refractivity contribution >= 4 is 11.3 Å². The summed E-state index contributed by atoms with van der Waals surface area (Å²) in [6, 6.07) is 14.0. The van der Waals surface area contributed by atoms with E-state index in [0.29, 0.717) is 11.6 Å². The van der Waals surface area contributed by atoms with E-state index in [9.17, 15) is 13.6 Å². The quantitative estimate of drug-likeness (QED) is 0.369. The van der Waals surface area contributed by atoms with Crippen molar-refractivity contribution in [3.8, 4) is 21.8 Å². The zero-order chi connectivity index (χ0) is 24.4. The molecule has 0 atom stereocenters. The van der Waals surface area contributed by atoms with Gasteiger partial charge in [-0.1, -0.05) is 18.2 Å². The van der Waals surface area contributed by atoms with E-state index < -0.39 is 11.6 Å². The lowest BCUT2D eigenvalue weighted by Crippen LogP contribution is -2.30. The predicted molar refractivity (Wildman–Crippen MR) is 134 cm³/mol. The molecule has 1 aliphatic rings. The molecule has 1 saturated heterocycles. The van der Waals surface area contributed by atoms with Gasteiger partial charge in [0.2, 0.25) is 0 Å². The molecule has 1 fully saturated rings. The van der Waals surface area contributed by atoms with Crippen LogP contribution in [0.1, 0.15) is 23.3 Å². The van der Waals surface area contributed by atoms with E-state index in [1.54, 1.807) is 11.3 Å². The average molecular weight is 493 g/mol. The van der Waals surface area contributed by atoms with Crippen LogP contribution in [0.2, 0.25) is 0 Å². The molecule has 0 unspecified atom stereocenters. The minimum Gasteiger partial charge on any atom is -0.306 e. The van der Waals surface area contributed by atoms with Gasteiger partial charge in [-0.25, -0.2) is 18.4 Å². The van der Waals surface area contributed by atoms with Crippen LogP contribution in [0.4, 0.5) is 8.78 Å². The first-order valence-corrected chi connectivity index (χ1v) is 12.5. The van der Waals surface area contributed by atoms with Gasteiger partial charge in [-0.05, 0) is 75.1 Å². The number of hydrogen-bond donors (Lipinski definition) is 0. The second-order valence-electron chi connectivity index (χ2n) is 9.16. The number of halogens is 2. The summed E-state index contributed by atoms with van der Waals surface area (Å²) in [5.74, 6) is -0.667.